The lowest BCUT2D eigenvalue weighted by Gasteiger charge is -2.23. The molecule has 17 heavy (non-hydrogen) atoms. The molecule has 2 heteroatoms. The van der Waals surface area contributed by atoms with Crippen LogP contribution < -0.4 is 5.32 Å². The predicted molar refractivity (Wildman–Crippen MR) is 74.1 cm³/mol. The van der Waals surface area contributed by atoms with Crippen molar-refractivity contribution in [1.29, 1.82) is 0 Å². The molecule has 0 aliphatic carbocycles. The van der Waals surface area contributed by atoms with Crippen molar-refractivity contribution < 1.29 is 4.74 Å². The van der Waals surface area contributed by atoms with Crippen molar-refractivity contribution >= 4 is 0 Å². The zero-order valence-corrected chi connectivity index (χ0v) is 11.6. The van der Waals surface area contributed by atoms with Gasteiger partial charge in [0.25, 0.3) is 0 Å². The normalized spacial score (nSPS) is 17.4. The van der Waals surface area contributed by atoms with Crippen LogP contribution in [0.1, 0.15) is 64.7 Å². The van der Waals surface area contributed by atoms with Gasteiger partial charge in [-0.2, -0.15) is 0 Å². The Bertz CT molecular complexity index is 213. The molecule has 1 aliphatic rings. The summed E-state index contributed by atoms with van der Waals surface area (Å²) in [6.45, 7) is 3.17. The van der Waals surface area contributed by atoms with Crippen molar-refractivity contribution in [1.82, 2.24) is 5.32 Å². The summed E-state index contributed by atoms with van der Waals surface area (Å²) in [5.74, 6) is 1.19. The third-order valence-corrected chi connectivity index (χ3v) is 3.50. The molecule has 0 bridgehead atoms. The minimum Gasteiger partial charge on any atom is -0.497 e. The van der Waals surface area contributed by atoms with E-state index in [1.165, 1.54) is 63.5 Å². The number of unbranched alkanes of at least 4 members (excludes halogenated alkanes) is 5. The van der Waals surface area contributed by atoms with E-state index in [4.69, 9.17) is 4.74 Å². The molecular formula is C15H29NO. The molecular weight excluding hydrogens is 210 g/mol. The van der Waals surface area contributed by atoms with Crippen LogP contribution >= 0.6 is 0 Å². The smallest absolute Gasteiger partial charge is 0.109 e. The summed E-state index contributed by atoms with van der Waals surface area (Å²) in [5, 5.41) is 3.38. The molecule has 0 amide bonds. The Labute approximate surface area is 107 Å². The van der Waals surface area contributed by atoms with Gasteiger partial charge in [-0.05, 0) is 32.4 Å². The first-order valence-corrected chi connectivity index (χ1v) is 7.38. The first-order chi connectivity index (χ1) is 8.38. The maximum Gasteiger partial charge on any atom is 0.109 e. The lowest BCUT2D eigenvalue weighted by atomic mass is 10.0. The largest absolute Gasteiger partial charge is 0.497 e. The highest BCUT2D eigenvalue weighted by molar-refractivity contribution is 5.04. The molecule has 0 saturated heterocycles. The zero-order valence-electron chi connectivity index (χ0n) is 11.6. The molecule has 1 atom stereocenters. The second-order valence-electron chi connectivity index (χ2n) is 4.99. The van der Waals surface area contributed by atoms with E-state index in [2.05, 4.69) is 18.3 Å². The molecule has 0 fully saturated rings. The van der Waals surface area contributed by atoms with Crippen LogP contribution in [0.3, 0.4) is 0 Å². The fourth-order valence-corrected chi connectivity index (χ4v) is 2.38. The van der Waals surface area contributed by atoms with Gasteiger partial charge >= 0.3 is 0 Å². The summed E-state index contributed by atoms with van der Waals surface area (Å²) in [7, 11) is 2.04. The molecule has 0 radical (unpaired) electrons. The van der Waals surface area contributed by atoms with Crippen LogP contribution in [-0.2, 0) is 4.74 Å². The van der Waals surface area contributed by atoms with Gasteiger partial charge in [-0.15, -0.1) is 0 Å². The van der Waals surface area contributed by atoms with E-state index in [0.29, 0.717) is 6.04 Å². The minimum absolute atomic E-state index is 0.446. The van der Waals surface area contributed by atoms with E-state index in [1.54, 1.807) is 0 Å². The van der Waals surface area contributed by atoms with Crippen molar-refractivity contribution in [3.05, 3.63) is 11.8 Å². The van der Waals surface area contributed by atoms with Crippen LogP contribution in [0.15, 0.2) is 11.8 Å². The summed E-state index contributed by atoms with van der Waals surface area (Å²) in [6.07, 6.45) is 14.0. The fraction of sp³-hybridized carbons (Fsp3) is 0.867. The van der Waals surface area contributed by atoms with Gasteiger partial charge in [-0.25, -0.2) is 0 Å². The maximum atomic E-state index is 5.73. The average molecular weight is 239 g/mol. The number of hydrogen-bond donors (Lipinski definition) is 1. The van der Waals surface area contributed by atoms with Crippen molar-refractivity contribution in [2.45, 2.75) is 70.8 Å². The lowest BCUT2D eigenvalue weighted by molar-refractivity contribution is 0.166. The Kier molecular flexibility index (Phi) is 8.16. The zero-order chi connectivity index (χ0) is 12.3. The number of nitrogens with one attached hydrogen (secondary N) is 1. The summed E-state index contributed by atoms with van der Waals surface area (Å²) >= 11 is 0. The third kappa shape index (κ3) is 6.11. The molecule has 0 spiro atoms. The Morgan fingerprint density at radius 1 is 1.24 bits per heavy atom. The Balaban J connectivity index is 2.12. The molecule has 0 aromatic rings. The first kappa shape index (κ1) is 14.6. The number of ether oxygens (including phenoxy) is 1. The van der Waals surface area contributed by atoms with Gasteiger partial charge in [0.15, 0.2) is 0 Å². The number of hydrogen-bond acceptors (Lipinski definition) is 2. The van der Waals surface area contributed by atoms with Crippen LogP contribution in [0.2, 0.25) is 0 Å². The summed E-state index contributed by atoms with van der Waals surface area (Å²) < 4.78 is 5.73. The third-order valence-electron chi connectivity index (χ3n) is 3.50. The number of allylic oxidation sites excluding steroid dienone is 1. The Morgan fingerprint density at radius 3 is 2.65 bits per heavy atom. The van der Waals surface area contributed by atoms with E-state index < -0.39 is 0 Å². The lowest BCUT2D eigenvalue weighted by Crippen LogP contribution is -2.29. The Hall–Kier alpha value is -0.500. The molecule has 0 aromatic heterocycles. The highest BCUT2D eigenvalue weighted by atomic mass is 16.5. The van der Waals surface area contributed by atoms with Gasteiger partial charge in [0.2, 0.25) is 0 Å². The van der Waals surface area contributed by atoms with Crippen LogP contribution in [-0.4, -0.2) is 19.7 Å². The average Bonchev–Trinajstić information content (AvgIpc) is 2.39. The summed E-state index contributed by atoms with van der Waals surface area (Å²) in [4.78, 5) is 0. The number of likely N-dealkylation sites (N-methyl/N-ethyl adjacent to an activating group) is 1. The van der Waals surface area contributed by atoms with Gasteiger partial charge in [0.05, 0.1) is 12.6 Å². The van der Waals surface area contributed by atoms with E-state index in [9.17, 15) is 0 Å². The molecule has 1 rings (SSSR count). The van der Waals surface area contributed by atoms with Crippen molar-refractivity contribution in [3.63, 3.8) is 0 Å². The molecule has 1 aliphatic heterocycles. The summed E-state index contributed by atoms with van der Waals surface area (Å²) in [6, 6.07) is 0.446. The fourth-order valence-electron chi connectivity index (χ4n) is 2.38. The van der Waals surface area contributed by atoms with E-state index in [0.717, 1.165) is 6.61 Å². The SMILES string of the molecule is CCCCCCCCC(NC)C1=CCCCO1. The van der Waals surface area contributed by atoms with Crippen LogP contribution in [0.4, 0.5) is 0 Å². The van der Waals surface area contributed by atoms with Gasteiger partial charge in [-0.3, -0.25) is 0 Å². The molecule has 0 saturated carbocycles. The molecule has 2 nitrogen and oxygen atoms in total. The molecule has 1 N–H and O–H groups in total. The van der Waals surface area contributed by atoms with E-state index in [1.807, 2.05) is 7.05 Å². The minimum atomic E-state index is 0.446. The van der Waals surface area contributed by atoms with Gasteiger partial charge in [-0.1, -0.05) is 45.4 Å². The number of rotatable bonds is 9. The molecule has 1 unspecified atom stereocenters. The van der Waals surface area contributed by atoms with Crippen molar-refractivity contribution in [2.75, 3.05) is 13.7 Å². The highest BCUT2D eigenvalue weighted by Crippen LogP contribution is 2.18. The second kappa shape index (κ2) is 9.52. The molecule has 0 aromatic carbocycles. The predicted octanol–water partition coefficient (Wildman–Crippen LogP) is 4.02. The van der Waals surface area contributed by atoms with Crippen LogP contribution in [0.25, 0.3) is 0 Å². The molecule has 1 heterocycles. The van der Waals surface area contributed by atoms with Crippen LogP contribution in [0, 0.1) is 0 Å². The monoisotopic (exact) mass is 239 g/mol. The summed E-state index contributed by atoms with van der Waals surface area (Å²) in [5.41, 5.74) is 0. The first-order valence-electron chi connectivity index (χ1n) is 7.38. The van der Waals surface area contributed by atoms with Gasteiger partial charge in [0.1, 0.15) is 5.76 Å². The quantitative estimate of drug-likeness (QED) is 0.614. The highest BCUT2D eigenvalue weighted by Gasteiger charge is 2.15. The topological polar surface area (TPSA) is 21.3 Å². The van der Waals surface area contributed by atoms with Crippen LogP contribution in [0.5, 0.6) is 0 Å². The van der Waals surface area contributed by atoms with Gasteiger partial charge in [0, 0.05) is 0 Å². The maximum absolute atomic E-state index is 5.73. The van der Waals surface area contributed by atoms with Gasteiger partial charge < -0.3 is 10.1 Å². The van der Waals surface area contributed by atoms with E-state index in [-0.39, 0.29) is 0 Å². The standard InChI is InChI=1S/C15H29NO/c1-3-4-5-6-7-8-11-14(16-2)15-12-9-10-13-17-15/h12,14,16H,3-11,13H2,1-2H3. The van der Waals surface area contributed by atoms with E-state index >= 15 is 0 Å². The van der Waals surface area contributed by atoms with Crippen molar-refractivity contribution in [2.24, 2.45) is 0 Å². The van der Waals surface area contributed by atoms with Crippen molar-refractivity contribution in [3.8, 4) is 0 Å². The second-order valence-corrected chi connectivity index (χ2v) is 4.99. The Morgan fingerprint density at radius 2 is 2.00 bits per heavy atom. The molecule has 100 valence electrons.